The van der Waals surface area contributed by atoms with Crippen LogP contribution >= 0.6 is 0 Å². The maximum absolute atomic E-state index is 12.7. The number of H-pyrrole nitrogens is 1. The third-order valence-corrected chi connectivity index (χ3v) is 11.9. The molecule has 31 heavy (non-hydrogen) atoms. The quantitative estimate of drug-likeness (QED) is 0.681. The van der Waals surface area contributed by atoms with E-state index in [9.17, 15) is 18.0 Å². The smallest absolute Gasteiger partial charge is 0.273 e. The van der Waals surface area contributed by atoms with Gasteiger partial charge in [-0.05, 0) is 42.8 Å². The fourth-order valence-corrected chi connectivity index (χ4v) is 5.36. The number of aromatic amines is 1. The monoisotopic (exact) mass is 465 g/mol. The van der Waals surface area contributed by atoms with Gasteiger partial charge in [0.2, 0.25) is 0 Å². The summed E-state index contributed by atoms with van der Waals surface area (Å²) in [4.78, 5) is 29.9. The Balaban J connectivity index is 1.80. The molecule has 0 saturated carbocycles. The molecule has 0 spiro atoms. The van der Waals surface area contributed by atoms with Gasteiger partial charge in [0.25, 0.3) is 11.1 Å². The van der Waals surface area contributed by atoms with Crippen LogP contribution in [0.3, 0.4) is 0 Å². The molecule has 0 unspecified atom stereocenters. The lowest BCUT2D eigenvalue weighted by atomic mass is 10.2. The maximum Gasteiger partial charge on any atom is 0.273 e. The van der Waals surface area contributed by atoms with Gasteiger partial charge in [-0.15, -0.1) is 0 Å². The lowest BCUT2D eigenvalue weighted by Crippen LogP contribution is -2.44. The highest BCUT2D eigenvalue weighted by Gasteiger charge is 2.40. The van der Waals surface area contributed by atoms with Crippen LogP contribution in [0.4, 0.5) is 5.82 Å². The Kier molecular flexibility index (Phi) is 6.11. The molecule has 3 rings (SSSR count). The molecule has 8 nitrogen and oxygen atoms in total. The summed E-state index contributed by atoms with van der Waals surface area (Å²) in [6.07, 6.45) is 3.35. The Labute approximate surface area is 183 Å². The van der Waals surface area contributed by atoms with Crippen molar-refractivity contribution in [3.05, 3.63) is 51.2 Å². The first-order valence-electron chi connectivity index (χ1n) is 10.3. The molecule has 0 radical (unpaired) electrons. The van der Waals surface area contributed by atoms with Gasteiger partial charge in [-0.3, -0.25) is 14.2 Å². The van der Waals surface area contributed by atoms with Crippen molar-refractivity contribution in [1.82, 2.24) is 9.55 Å². The van der Waals surface area contributed by atoms with Gasteiger partial charge in [0.1, 0.15) is 11.5 Å². The number of nitrogens with zero attached hydrogens (tertiary/aromatic N) is 2. The van der Waals surface area contributed by atoms with Crippen molar-refractivity contribution in [2.45, 2.75) is 56.3 Å². The van der Waals surface area contributed by atoms with Crippen LogP contribution in [-0.4, -0.2) is 51.7 Å². The van der Waals surface area contributed by atoms with Gasteiger partial charge in [0, 0.05) is 31.6 Å². The molecule has 0 amide bonds. The van der Waals surface area contributed by atoms with Gasteiger partial charge in [-0.1, -0.05) is 20.8 Å². The van der Waals surface area contributed by atoms with Gasteiger partial charge in [0.15, 0.2) is 18.2 Å². The summed E-state index contributed by atoms with van der Waals surface area (Å²) in [5.41, 5.74) is -0.854. The van der Waals surface area contributed by atoms with E-state index in [-0.39, 0.29) is 21.7 Å². The van der Waals surface area contributed by atoms with E-state index in [4.69, 9.17) is 4.43 Å². The summed E-state index contributed by atoms with van der Waals surface area (Å²) in [6.45, 7) is 12.6. The van der Waals surface area contributed by atoms with Crippen LogP contribution in [0.15, 0.2) is 44.9 Å². The normalized spacial score (nSPS) is 17.9. The number of hydrogen-bond acceptors (Lipinski definition) is 6. The summed E-state index contributed by atoms with van der Waals surface area (Å²) in [5, 5.41) is 0.135. The average Bonchev–Trinajstić information content (AvgIpc) is 3.08. The van der Waals surface area contributed by atoms with E-state index in [0.29, 0.717) is 12.4 Å². The van der Waals surface area contributed by atoms with E-state index in [2.05, 4.69) is 43.7 Å². The topological polar surface area (TPSA) is 101 Å². The predicted octanol–water partition coefficient (Wildman–Crippen LogP) is 2.53. The molecular weight excluding hydrogens is 434 g/mol. The summed E-state index contributed by atoms with van der Waals surface area (Å²) >= 11 is 0. The molecule has 0 aliphatic carbocycles. The van der Waals surface area contributed by atoms with Crippen LogP contribution in [0, 0.1) is 0 Å². The number of hydrogen-bond donors (Lipinski definition) is 1. The largest absolute Gasteiger partial charge is 0.412 e. The standard InChI is InChI=1S/C21H31N3O5SSi/c1-21(2,3)31(5,6)29-15-9-11-23(14-15)18-8-7-17(20(26)22-18)24-12-10-16(13-19(24)25)30(4,27)28/h7-8,10,12-13,15H,9,11,14H2,1-6H3,(H,22,26)/t15-/m1/s1. The minimum atomic E-state index is -3.49. The molecular formula is C21H31N3O5SSi. The third kappa shape index (κ3) is 5.02. The fraction of sp³-hybridized carbons (Fsp3) is 0.524. The van der Waals surface area contributed by atoms with Crippen LogP contribution in [0.2, 0.25) is 18.1 Å². The Morgan fingerprint density at radius 2 is 1.84 bits per heavy atom. The Hall–Kier alpha value is -2.17. The summed E-state index contributed by atoms with van der Waals surface area (Å²) in [7, 11) is -5.36. The van der Waals surface area contributed by atoms with E-state index in [0.717, 1.165) is 29.9 Å². The minimum Gasteiger partial charge on any atom is -0.412 e. The third-order valence-electron chi connectivity index (χ3n) is 6.21. The van der Waals surface area contributed by atoms with Gasteiger partial charge >= 0.3 is 0 Å². The van der Waals surface area contributed by atoms with Gasteiger partial charge in [-0.25, -0.2) is 8.42 Å². The number of sulfone groups is 1. The van der Waals surface area contributed by atoms with Crippen LogP contribution in [0.1, 0.15) is 27.2 Å². The second-order valence-corrected chi connectivity index (χ2v) is 16.4. The average molecular weight is 466 g/mol. The van der Waals surface area contributed by atoms with Crippen LogP contribution < -0.4 is 16.0 Å². The molecule has 10 heteroatoms. The number of rotatable bonds is 5. The molecule has 3 heterocycles. The Morgan fingerprint density at radius 3 is 2.39 bits per heavy atom. The highest BCUT2D eigenvalue weighted by molar-refractivity contribution is 7.90. The van der Waals surface area contributed by atoms with Crippen molar-refractivity contribution >= 4 is 24.0 Å². The van der Waals surface area contributed by atoms with E-state index < -0.39 is 29.3 Å². The van der Waals surface area contributed by atoms with E-state index in [1.807, 2.05) is 0 Å². The zero-order valence-electron chi connectivity index (χ0n) is 18.9. The molecule has 1 saturated heterocycles. The zero-order valence-corrected chi connectivity index (χ0v) is 20.7. The fourth-order valence-electron chi connectivity index (χ4n) is 3.36. The molecule has 2 aromatic rings. The van der Waals surface area contributed by atoms with Crippen LogP contribution in [0.5, 0.6) is 0 Å². The van der Waals surface area contributed by atoms with E-state index in [1.54, 1.807) is 12.1 Å². The minimum absolute atomic E-state index is 0.0772. The first-order valence-corrected chi connectivity index (χ1v) is 15.1. The van der Waals surface area contributed by atoms with Crippen molar-refractivity contribution in [3.8, 4) is 5.69 Å². The number of aromatic nitrogens is 2. The molecule has 1 atom stereocenters. The van der Waals surface area contributed by atoms with Gasteiger partial charge < -0.3 is 14.3 Å². The molecule has 2 aromatic heterocycles. The van der Waals surface area contributed by atoms with Crippen LogP contribution in [0.25, 0.3) is 5.69 Å². The van der Waals surface area contributed by atoms with Crippen molar-refractivity contribution in [2.75, 3.05) is 24.2 Å². The zero-order chi connectivity index (χ0) is 23.2. The number of anilines is 1. The van der Waals surface area contributed by atoms with Crippen molar-refractivity contribution < 1.29 is 12.8 Å². The van der Waals surface area contributed by atoms with Crippen molar-refractivity contribution in [1.29, 1.82) is 0 Å². The molecule has 0 bridgehead atoms. The second kappa shape index (κ2) is 8.07. The number of pyridine rings is 2. The van der Waals surface area contributed by atoms with E-state index in [1.165, 1.54) is 12.3 Å². The molecule has 0 aromatic carbocycles. The summed E-state index contributed by atoms with van der Waals surface area (Å²) in [5.74, 6) is 0.677. The highest BCUT2D eigenvalue weighted by Crippen LogP contribution is 2.38. The molecule has 1 aliphatic heterocycles. The maximum atomic E-state index is 12.7. The first-order chi connectivity index (χ1) is 14.2. The Morgan fingerprint density at radius 1 is 1.16 bits per heavy atom. The predicted molar refractivity (Wildman–Crippen MR) is 125 cm³/mol. The molecule has 1 fully saturated rings. The molecule has 1 N–H and O–H groups in total. The molecule has 1 aliphatic rings. The molecule has 170 valence electrons. The summed E-state index contributed by atoms with van der Waals surface area (Å²) < 4.78 is 30.9. The van der Waals surface area contributed by atoms with Crippen LogP contribution in [-0.2, 0) is 14.3 Å². The lowest BCUT2D eigenvalue weighted by molar-refractivity contribution is 0.202. The second-order valence-electron chi connectivity index (χ2n) is 9.64. The number of nitrogens with one attached hydrogen (secondary N) is 1. The SMILES string of the molecule is CC(C)(C)[Si](C)(C)O[C@@H]1CCN(c2ccc(-n3ccc(S(C)(=O)=O)cc3=O)c(=O)[nH]2)C1. The first kappa shape index (κ1) is 23.5. The lowest BCUT2D eigenvalue weighted by Gasteiger charge is -2.38. The van der Waals surface area contributed by atoms with Gasteiger partial charge in [-0.2, -0.15) is 0 Å². The van der Waals surface area contributed by atoms with Gasteiger partial charge in [0.05, 0.1) is 11.0 Å². The van der Waals surface area contributed by atoms with E-state index >= 15 is 0 Å². The van der Waals surface area contributed by atoms with Crippen molar-refractivity contribution in [2.24, 2.45) is 0 Å². The highest BCUT2D eigenvalue weighted by atomic mass is 32.2. The summed E-state index contributed by atoms with van der Waals surface area (Å²) in [6, 6.07) is 5.68. The Bertz CT molecular complexity index is 1190. The van der Waals surface area contributed by atoms with Crippen molar-refractivity contribution in [3.63, 3.8) is 0 Å².